The van der Waals surface area contributed by atoms with E-state index >= 15 is 0 Å². The molecule has 0 saturated heterocycles. The van der Waals surface area contributed by atoms with Crippen molar-refractivity contribution in [1.82, 2.24) is 24.3 Å². The number of fused-ring (bicyclic) bond motifs is 10. The van der Waals surface area contributed by atoms with Gasteiger partial charge in [-0.2, -0.15) is 5.10 Å². The highest BCUT2D eigenvalue weighted by Crippen LogP contribution is 2.52. The third-order valence-corrected chi connectivity index (χ3v) is 10.4. The van der Waals surface area contributed by atoms with Crippen LogP contribution in [0, 0.1) is 0 Å². The molecule has 0 spiro atoms. The third kappa shape index (κ3) is 4.86. The van der Waals surface area contributed by atoms with Crippen LogP contribution in [0.5, 0.6) is 0 Å². The van der Waals surface area contributed by atoms with Crippen molar-refractivity contribution in [3.63, 3.8) is 0 Å². The van der Waals surface area contributed by atoms with Crippen LogP contribution in [0.15, 0.2) is 79.1 Å². The normalized spacial score (nSPS) is 17.0. The van der Waals surface area contributed by atoms with Crippen LogP contribution in [0.1, 0.15) is 117 Å². The molecule has 0 aliphatic carbocycles. The fraction of sp³-hybridized carbons (Fsp3) is 0.425. The molecule has 5 heterocycles. The van der Waals surface area contributed by atoms with Gasteiger partial charge in [0.25, 0.3) is 0 Å². The Hall–Kier alpha value is -3.99. The van der Waals surface area contributed by atoms with Crippen LogP contribution in [0.25, 0.3) is 22.9 Å². The number of hydrogen-bond donors (Lipinski definition) is 0. The monoisotopic (exact) mass is 599 g/mol. The van der Waals surface area contributed by atoms with Gasteiger partial charge in [-0.15, -0.1) is 0 Å². The zero-order valence-corrected chi connectivity index (χ0v) is 29.2. The molecular formula is C40H49N5. The maximum Gasteiger partial charge on any atom is 0.153 e. The Balaban J connectivity index is 1.81. The summed E-state index contributed by atoms with van der Waals surface area (Å²) >= 11 is 0. The van der Waals surface area contributed by atoms with E-state index in [0.717, 1.165) is 28.7 Å². The van der Waals surface area contributed by atoms with Crippen LogP contribution >= 0.6 is 0 Å². The number of nitrogens with zero attached hydrogens (tertiary/aromatic N) is 5. The summed E-state index contributed by atoms with van der Waals surface area (Å²) in [5.74, 6) is 1.74. The van der Waals surface area contributed by atoms with E-state index in [1.54, 1.807) is 0 Å². The Labute approximate surface area is 269 Å². The lowest BCUT2D eigenvalue weighted by atomic mass is 9.58. The first-order valence-corrected chi connectivity index (χ1v) is 16.2. The first-order chi connectivity index (χ1) is 20.8. The fourth-order valence-corrected chi connectivity index (χ4v) is 6.91. The van der Waals surface area contributed by atoms with Gasteiger partial charge in [-0.05, 0) is 60.2 Å². The summed E-state index contributed by atoms with van der Waals surface area (Å²) in [5.41, 5.74) is 7.99. The zero-order chi connectivity index (χ0) is 32.7. The largest absolute Gasteiger partial charge is 0.301 e. The van der Waals surface area contributed by atoms with Crippen LogP contribution in [-0.2, 0) is 27.1 Å². The summed E-state index contributed by atoms with van der Waals surface area (Å²) in [6, 6.07) is 23.5. The Morgan fingerprint density at radius 1 is 0.578 bits per heavy atom. The van der Waals surface area contributed by atoms with Crippen molar-refractivity contribution in [2.45, 2.75) is 110 Å². The molecule has 0 N–H and O–H groups in total. The summed E-state index contributed by atoms with van der Waals surface area (Å²) in [6.07, 6.45) is 4.62. The van der Waals surface area contributed by atoms with Crippen LogP contribution in [-0.4, -0.2) is 24.3 Å². The highest BCUT2D eigenvalue weighted by Gasteiger charge is 2.47. The maximum atomic E-state index is 5.39. The highest BCUT2D eigenvalue weighted by molar-refractivity contribution is 5.71. The molecule has 5 heteroatoms. The van der Waals surface area contributed by atoms with E-state index in [-0.39, 0.29) is 21.7 Å². The minimum atomic E-state index is -0.441. The topological polar surface area (TPSA) is 48.5 Å². The van der Waals surface area contributed by atoms with Crippen LogP contribution in [0.2, 0.25) is 0 Å². The van der Waals surface area contributed by atoms with Gasteiger partial charge in [0, 0.05) is 39.6 Å². The van der Waals surface area contributed by atoms with Gasteiger partial charge in [0.05, 0.1) is 22.8 Å². The van der Waals surface area contributed by atoms with E-state index in [2.05, 4.69) is 167 Å². The smallest absolute Gasteiger partial charge is 0.153 e. The van der Waals surface area contributed by atoms with Crippen molar-refractivity contribution in [3.8, 4) is 22.9 Å². The summed E-state index contributed by atoms with van der Waals surface area (Å²) < 4.78 is 4.35. The maximum absolute atomic E-state index is 5.39. The van der Waals surface area contributed by atoms with Gasteiger partial charge in [0.1, 0.15) is 5.82 Å². The number of hydrogen-bond acceptors (Lipinski definition) is 3. The average Bonchev–Trinajstić information content (AvgIpc) is 3.62. The van der Waals surface area contributed by atoms with Crippen molar-refractivity contribution < 1.29 is 0 Å². The van der Waals surface area contributed by atoms with Gasteiger partial charge in [0.2, 0.25) is 0 Å². The molecule has 8 bridgehead atoms. The minimum absolute atomic E-state index is 0.139. The first kappa shape index (κ1) is 31.0. The lowest BCUT2D eigenvalue weighted by Gasteiger charge is -2.44. The lowest BCUT2D eigenvalue weighted by Crippen LogP contribution is -2.42. The molecule has 5 nitrogen and oxygen atoms in total. The summed E-state index contributed by atoms with van der Waals surface area (Å²) in [4.78, 5) is 10.6. The molecule has 234 valence electrons. The number of benzene rings is 1. The molecule has 45 heavy (non-hydrogen) atoms. The molecule has 0 amide bonds. The van der Waals surface area contributed by atoms with Crippen molar-refractivity contribution in [1.29, 1.82) is 0 Å². The lowest BCUT2D eigenvalue weighted by molar-refractivity contribution is 0.293. The van der Waals surface area contributed by atoms with Gasteiger partial charge >= 0.3 is 0 Å². The van der Waals surface area contributed by atoms with Crippen LogP contribution < -0.4 is 0 Å². The second kappa shape index (κ2) is 10.0. The van der Waals surface area contributed by atoms with Crippen LogP contribution in [0.4, 0.5) is 0 Å². The second-order valence-electron chi connectivity index (χ2n) is 16.5. The van der Waals surface area contributed by atoms with Gasteiger partial charge in [-0.1, -0.05) is 112 Å². The Morgan fingerprint density at radius 2 is 1.13 bits per heavy atom. The van der Waals surface area contributed by atoms with E-state index in [1.807, 2.05) is 4.68 Å². The van der Waals surface area contributed by atoms with Gasteiger partial charge in [0.15, 0.2) is 5.82 Å². The predicted molar refractivity (Wildman–Crippen MR) is 186 cm³/mol. The Morgan fingerprint density at radius 3 is 1.71 bits per heavy atom. The van der Waals surface area contributed by atoms with Gasteiger partial charge in [-0.25, -0.2) is 14.6 Å². The molecule has 0 saturated carbocycles. The Bertz CT molecular complexity index is 1890. The molecule has 4 aromatic heterocycles. The number of aromatic nitrogens is 5. The molecule has 5 aromatic rings. The van der Waals surface area contributed by atoms with Crippen molar-refractivity contribution in [3.05, 3.63) is 113 Å². The SMILES string of the molecule is CC(C)(C)c1nn2cc1C(C)(C)C(C)(C)c1cn(c(-c3ccccc3)c1C(C)(C)C)-c1cccc(n1)C(C)(C)c1cccc-2n1. The Kier molecular flexibility index (Phi) is 6.89. The summed E-state index contributed by atoms with van der Waals surface area (Å²) in [7, 11) is 0. The average molecular weight is 600 g/mol. The summed E-state index contributed by atoms with van der Waals surface area (Å²) in [5, 5.41) is 5.29. The predicted octanol–water partition coefficient (Wildman–Crippen LogP) is 9.61. The van der Waals surface area contributed by atoms with Gasteiger partial charge < -0.3 is 4.57 Å². The zero-order valence-electron chi connectivity index (χ0n) is 29.2. The summed E-state index contributed by atoms with van der Waals surface area (Å²) in [6.45, 7) is 27.8. The van der Waals surface area contributed by atoms with Gasteiger partial charge in [-0.3, -0.25) is 0 Å². The molecule has 0 radical (unpaired) electrons. The fourth-order valence-electron chi connectivity index (χ4n) is 6.91. The molecular weight excluding hydrogens is 550 g/mol. The van der Waals surface area contributed by atoms with E-state index in [9.17, 15) is 0 Å². The van der Waals surface area contributed by atoms with E-state index in [4.69, 9.17) is 15.1 Å². The molecule has 6 rings (SSSR count). The van der Waals surface area contributed by atoms with Crippen molar-refractivity contribution in [2.75, 3.05) is 0 Å². The van der Waals surface area contributed by atoms with Crippen molar-refractivity contribution >= 4 is 0 Å². The minimum Gasteiger partial charge on any atom is -0.301 e. The number of pyridine rings is 2. The van der Waals surface area contributed by atoms with Crippen LogP contribution in [0.3, 0.4) is 0 Å². The third-order valence-electron chi connectivity index (χ3n) is 10.4. The highest BCUT2D eigenvalue weighted by atomic mass is 15.3. The van der Waals surface area contributed by atoms with E-state index in [1.165, 1.54) is 27.9 Å². The molecule has 1 aliphatic rings. The molecule has 0 fully saturated rings. The van der Waals surface area contributed by atoms with E-state index < -0.39 is 5.41 Å². The number of rotatable bonds is 1. The van der Waals surface area contributed by atoms with E-state index in [0.29, 0.717) is 0 Å². The van der Waals surface area contributed by atoms with Crippen molar-refractivity contribution in [2.24, 2.45) is 0 Å². The molecule has 0 atom stereocenters. The second-order valence-corrected chi connectivity index (χ2v) is 16.5. The quantitative estimate of drug-likeness (QED) is 0.193. The standard InChI is InChI=1S/C40H49N5/c1-36(2,3)33-27-24-44(34(33)26-18-14-13-15-19-26)31-22-16-20-29(41-31)38(7,8)30-21-17-23-32(42-30)45-25-28(35(43-45)37(4,5)6)40(11,12)39(27,9)10/h13-25H,1-12H3. The molecule has 1 aliphatic heterocycles. The molecule has 1 aromatic carbocycles. The molecule has 0 unspecified atom stereocenters. The first-order valence-electron chi connectivity index (χ1n) is 16.2.